The van der Waals surface area contributed by atoms with Crippen LogP contribution in [-0.4, -0.2) is 29.7 Å². The van der Waals surface area contributed by atoms with Crippen molar-refractivity contribution in [1.82, 2.24) is 9.55 Å². The third-order valence-corrected chi connectivity index (χ3v) is 5.62. The summed E-state index contributed by atoms with van der Waals surface area (Å²) >= 11 is 7.22. The van der Waals surface area contributed by atoms with Crippen LogP contribution in [0, 0.1) is 0 Å². The minimum Gasteiger partial charge on any atom is -0.497 e. The molecule has 0 radical (unpaired) electrons. The van der Waals surface area contributed by atoms with Gasteiger partial charge in [0.1, 0.15) is 11.5 Å². The first-order valence-corrected chi connectivity index (χ1v) is 10.5. The van der Waals surface area contributed by atoms with Crippen molar-refractivity contribution in [3.63, 3.8) is 0 Å². The van der Waals surface area contributed by atoms with Crippen LogP contribution in [0.15, 0.2) is 51.0 Å². The number of thiazole rings is 1. The summed E-state index contributed by atoms with van der Waals surface area (Å²) in [7, 11) is 3.16. The van der Waals surface area contributed by atoms with Crippen molar-refractivity contribution in [2.45, 2.75) is 13.0 Å². The van der Waals surface area contributed by atoms with E-state index in [-0.39, 0.29) is 18.9 Å². The van der Waals surface area contributed by atoms with E-state index in [0.717, 1.165) is 5.56 Å². The van der Waals surface area contributed by atoms with Gasteiger partial charge in [-0.15, -0.1) is 11.3 Å². The second-order valence-electron chi connectivity index (χ2n) is 6.53. The predicted octanol–water partition coefficient (Wildman–Crippen LogP) is 4.42. The molecule has 0 saturated heterocycles. The van der Waals surface area contributed by atoms with E-state index in [1.54, 1.807) is 38.5 Å². The number of carbonyl (C=O) groups excluding carboxylic acids is 1. The summed E-state index contributed by atoms with van der Waals surface area (Å²) in [5.41, 5.74) is 2.44. The van der Waals surface area contributed by atoms with Gasteiger partial charge < -0.3 is 19.2 Å². The molecule has 0 aliphatic carbocycles. The molecule has 4 rings (SSSR count). The van der Waals surface area contributed by atoms with Crippen LogP contribution < -0.4 is 20.5 Å². The fraction of sp³-hybridized carbons (Fsp3) is 0.190. The van der Waals surface area contributed by atoms with Gasteiger partial charge in [-0.1, -0.05) is 11.6 Å². The molecule has 0 fully saturated rings. The molecule has 1 N–H and O–H groups in total. The van der Waals surface area contributed by atoms with Crippen LogP contribution in [0.2, 0.25) is 5.02 Å². The number of fused-ring (bicyclic) bond motifs is 1. The SMILES string of the molecule is COc1ccc(-c2csc(NC(=O)CCn3c(=O)oc4cc(Cl)ccc43)n2)c(OC)c1. The summed E-state index contributed by atoms with van der Waals surface area (Å²) in [5.74, 6) is 0.494. The maximum atomic E-state index is 12.4. The maximum Gasteiger partial charge on any atom is 0.419 e. The molecule has 8 nitrogen and oxygen atoms in total. The number of oxazole rings is 1. The number of amides is 1. The number of nitrogens with zero attached hydrogens (tertiary/aromatic N) is 2. The molecule has 0 aliphatic heterocycles. The van der Waals surface area contributed by atoms with Crippen molar-refractivity contribution in [3.8, 4) is 22.8 Å². The van der Waals surface area contributed by atoms with Gasteiger partial charge >= 0.3 is 5.76 Å². The Balaban J connectivity index is 1.44. The topological polar surface area (TPSA) is 95.6 Å². The summed E-state index contributed by atoms with van der Waals surface area (Å²) in [4.78, 5) is 29.0. The number of aryl methyl sites for hydroxylation is 1. The molecule has 0 bridgehead atoms. The molecule has 0 aliphatic rings. The Hall–Kier alpha value is -3.30. The smallest absolute Gasteiger partial charge is 0.419 e. The van der Waals surface area contributed by atoms with E-state index in [4.69, 9.17) is 25.5 Å². The molecular formula is C21H18ClN3O5S. The third-order valence-electron chi connectivity index (χ3n) is 4.63. The second-order valence-corrected chi connectivity index (χ2v) is 7.83. The van der Waals surface area contributed by atoms with E-state index in [0.29, 0.717) is 38.4 Å². The number of hydrogen-bond acceptors (Lipinski definition) is 7. The van der Waals surface area contributed by atoms with Crippen LogP contribution in [0.5, 0.6) is 11.5 Å². The van der Waals surface area contributed by atoms with Crippen molar-refractivity contribution in [2.75, 3.05) is 19.5 Å². The van der Waals surface area contributed by atoms with Crippen molar-refractivity contribution in [1.29, 1.82) is 0 Å². The van der Waals surface area contributed by atoms with Gasteiger partial charge in [-0.05, 0) is 24.3 Å². The molecule has 1 amide bonds. The van der Waals surface area contributed by atoms with Crippen LogP contribution in [0.25, 0.3) is 22.4 Å². The number of carbonyl (C=O) groups is 1. The number of nitrogens with one attached hydrogen (secondary N) is 1. The average Bonchev–Trinajstić information content (AvgIpc) is 3.34. The van der Waals surface area contributed by atoms with E-state index in [2.05, 4.69) is 10.3 Å². The lowest BCUT2D eigenvalue weighted by Gasteiger charge is -2.08. The summed E-state index contributed by atoms with van der Waals surface area (Å²) in [6, 6.07) is 10.4. The van der Waals surface area contributed by atoms with Crippen LogP contribution in [0.3, 0.4) is 0 Å². The summed E-state index contributed by atoms with van der Waals surface area (Å²) in [6.07, 6.45) is 0.0813. The Labute approximate surface area is 186 Å². The normalized spacial score (nSPS) is 10.9. The maximum absolute atomic E-state index is 12.4. The third kappa shape index (κ3) is 4.42. The molecule has 0 unspecified atom stereocenters. The van der Waals surface area contributed by atoms with Crippen LogP contribution in [0.4, 0.5) is 5.13 Å². The number of hydrogen-bond donors (Lipinski definition) is 1. The number of ether oxygens (including phenoxy) is 2. The van der Waals surface area contributed by atoms with E-state index >= 15 is 0 Å². The highest BCUT2D eigenvalue weighted by atomic mass is 35.5. The van der Waals surface area contributed by atoms with E-state index in [1.807, 2.05) is 17.5 Å². The summed E-state index contributed by atoms with van der Waals surface area (Å²) < 4.78 is 17.2. The Morgan fingerprint density at radius 2 is 2.06 bits per heavy atom. The Morgan fingerprint density at radius 3 is 2.84 bits per heavy atom. The molecule has 2 aromatic carbocycles. The highest BCUT2D eigenvalue weighted by molar-refractivity contribution is 7.14. The Morgan fingerprint density at radius 1 is 1.23 bits per heavy atom. The molecule has 2 heterocycles. The first-order chi connectivity index (χ1) is 15.0. The fourth-order valence-electron chi connectivity index (χ4n) is 3.11. The fourth-order valence-corrected chi connectivity index (χ4v) is 4.00. The van der Waals surface area contributed by atoms with Gasteiger partial charge in [0.2, 0.25) is 5.91 Å². The quantitative estimate of drug-likeness (QED) is 0.439. The zero-order valence-corrected chi connectivity index (χ0v) is 18.2. The lowest BCUT2D eigenvalue weighted by atomic mass is 10.1. The molecule has 10 heteroatoms. The van der Waals surface area contributed by atoms with Crippen molar-refractivity contribution in [2.24, 2.45) is 0 Å². The number of aromatic nitrogens is 2. The Kier molecular flexibility index (Phi) is 5.97. The minimum atomic E-state index is -0.534. The molecule has 160 valence electrons. The highest BCUT2D eigenvalue weighted by Gasteiger charge is 2.14. The molecule has 2 aromatic heterocycles. The van der Waals surface area contributed by atoms with Crippen LogP contribution in [0.1, 0.15) is 6.42 Å². The molecule has 0 atom stereocenters. The van der Waals surface area contributed by atoms with E-state index < -0.39 is 5.76 Å². The minimum absolute atomic E-state index is 0.0813. The molecule has 0 spiro atoms. The van der Waals surface area contributed by atoms with Gasteiger partial charge in [0, 0.05) is 41.1 Å². The number of methoxy groups -OCH3 is 2. The van der Waals surface area contributed by atoms with Gasteiger partial charge in [0.15, 0.2) is 10.7 Å². The van der Waals surface area contributed by atoms with Gasteiger partial charge in [-0.3, -0.25) is 9.36 Å². The standard InChI is InChI=1S/C21H18ClN3O5S/c1-28-13-4-5-14(17(10-13)29-2)15-11-31-20(23-15)24-19(26)7-8-25-16-6-3-12(22)9-18(16)30-21(25)27/h3-6,9-11H,7-8H2,1-2H3,(H,23,24,26). The molecular weight excluding hydrogens is 442 g/mol. The largest absolute Gasteiger partial charge is 0.497 e. The average molecular weight is 460 g/mol. The van der Waals surface area contributed by atoms with E-state index in [9.17, 15) is 9.59 Å². The van der Waals surface area contributed by atoms with Gasteiger partial charge in [-0.2, -0.15) is 0 Å². The molecule has 4 aromatic rings. The van der Waals surface area contributed by atoms with E-state index in [1.165, 1.54) is 15.9 Å². The molecule has 31 heavy (non-hydrogen) atoms. The van der Waals surface area contributed by atoms with Gasteiger partial charge in [-0.25, -0.2) is 9.78 Å². The zero-order chi connectivity index (χ0) is 22.0. The lowest BCUT2D eigenvalue weighted by Crippen LogP contribution is -2.19. The van der Waals surface area contributed by atoms with Gasteiger partial charge in [0.05, 0.1) is 25.4 Å². The zero-order valence-electron chi connectivity index (χ0n) is 16.7. The first kappa shape index (κ1) is 21.0. The predicted molar refractivity (Wildman–Crippen MR) is 119 cm³/mol. The Bertz CT molecular complexity index is 1310. The molecule has 0 saturated carbocycles. The van der Waals surface area contributed by atoms with Crippen LogP contribution in [-0.2, 0) is 11.3 Å². The van der Waals surface area contributed by atoms with Crippen molar-refractivity contribution >= 4 is 45.1 Å². The summed E-state index contributed by atoms with van der Waals surface area (Å²) in [5, 5.41) is 5.52. The highest BCUT2D eigenvalue weighted by Crippen LogP contribution is 2.34. The first-order valence-electron chi connectivity index (χ1n) is 9.25. The lowest BCUT2D eigenvalue weighted by molar-refractivity contribution is -0.116. The number of benzene rings is 2. The number of rotatable bonds is 7. The van der Waals surface area contributed by atoms with Gasteiger partial charge in [0.25, 0.3) is 0 Å². The van der Waals surface area contributed by atoms with Crippen molar-refractivity contribution < 1.29 is 18.7 Å². The van der Waals surface area contributed by atoms with Crippen molar-refractivity contribution in [3.05, 3.63) is 57.4 Å². The number of anilines is 1. The number of halogens is 1. The van der Waals surface area contributed by atoms with Crippen LogP contribution >= 0.6 is 22.9 Å². The summed E-state index contributed by atoms with van der Waals surface area (Å²) in [6.45, 7) is 0.170. The second kappa shape index (κ2) is 8.83. The monoisotopic (exact) mass is 459 g/mol.